The van der Waals surface area contributed by atoms with Gasteiger partial charge in [0.15, 0.2) is 0 Å². The van der Waals surface area contributed by atoms with Gasteiger partial charge in [0.1, 0.15) is 10.6 Å². The van der Waals surface area contributed by atoms with Crippen molar-refractivity contribution in [3.05, 3.63) is 24.3 Å². The maximum atomic E-state index is 11.5. The topological polar surface area (TPSA) is 52.6 Å². The van der Waals surface area contributed by atoms with Crippen molar-refractivity contribution in [1.82, 2.24) is 0 Å². The summed E-state index contributed by atoms with van der Waals surface area (Å²) >= 11 is 0. The highest BCUT2D eigenvalue weighted by Gasteiger charge is 2.18. The quantitative estimate of drug-likeness (QED) is 0.714. The molecule has 78 valence electrons. The fraction of sp³-hybridized carbons (Fsp3) is 0.333. The van der Waals surface area contributed by atoms with Crippen molar-refractivity contribution in [1.29, 1.82) is 0 Å². The smallest absolute Gasteiger partial charge is 0.300 e. The van der Waals surface area contributed by atoms with Crippen molar-refractivity contribution in [2.24, 2.45) is 0 Å². The van der Waals surface area contributed by atoms with E-state index in [2.05, 4.69) is 4.18 Å². The predicted octanol–water partition coefficient (Wildman–Crippen LogP) is 1.42. The monoisotopic (exact) mass is 216 g/mol. The summed E-state index contributed by atoms with van der Waals surface area (Å²) < 4.78 is 32.6. The van der Waals surface area contributed by atoms with Gasteiger partial charge >= 0.3 is 10.1 Å². The molecule has 1 aromatic carbocycles. The lowest BCUT2D eigenvalue weighted by Gasteiger charge is -2.07. The molecule has 0 saturated heterocycles. The van der Waals surface area contributed by atoms with Crippen LogP contribution in [-0.4, -0.2) is 22.1 Å². The van der Waals surface area contributed by atoms with Gasteiger partial charge in [-0.05, 0) is 19.1 Å². The minimum Gasteiger partial charge on any atom is -0.495 e. The van der Waals surface area contributed by atoms with E-state index in [0.29, 0.717) is 5.75 Å². The number of ether oxygens (including phenoxy) is 1. The SMILES string of the molecule is CCOS(=O)(=O)c1ccccc1OC. The lowest BCUT2D eigenvalue weighted by Crippen LogP contribution is -2.07. The first-order chi connectivity index (χ1) is 6.61. The van der Waals surface area contributed by atoms with Crippen molar-refractivity contribution in [2.45, 2.75) is 11.8 Å². The van der Waals surface area contributed by atoms with Crippen LogP contribution in [0.5, 0.6) is 5.75 Å². The molecule has 1 rings (SSSR count). The van der Waals surface area contributed by atoms with Crippen LogP contribution in [0.3, 0.4) is 0 Å². The van der Waals surface area contributed by atoms with Crippen LogP contribution < -0.4 is 4.74 Å². The summed E-state index contributed by atoms with van der Waals surface area (Å²) in [7, 11) is -2.26. The number of benzene rings is 1. The molecule has 0 aromatic heterocycles. The van der Waals surface area contributed by atoms with Crippen LogP contribution >= 0.6 is 0 Å². The van der Waals surface area contributed by atoms with Gasteiger partial charge in [0.2, 0.25) is 0 Å². The average molecular weight is 216 g/mol. The van der Waals surface area contributed by atoms with Crippen LogP contribution in [0.1, 0.15) is 6.92 Å². The second-order valence-electron chi connectivity index (χ2n) is 2.51. The summed E-state index contributed by atoms with van der Waals surface area (Å²) in [6.07, 6.45) is 0. The van der Waals surface area contributed by atoms with E-state index in [1.54, 1.807) is 25.1 Å². The normalized spacial score (nSPS) is 11.3. The molecular weight excluding hydrogens is 204 g/mol. The fourth-order valence-corrected chi connectivity index (χ4v) is 2.12. The van der Waals surface area contributed by atoms with E-state index in [-0.39, 0.29) is 11.5 Å². The van der Waals surface area contributed by atoms with Gasteiger partial charge < -0.3 is 4.74 Å². The maximum absolute atomic E-state index is 11.5. The molecule has 4 nitrogen and oxygen atoms in total. The Morgan fingerprint density at radius 3 is 2.50 bits per heavy atom. The molecule has 0 heterocycles. The number of hydrogen-bond acceptors (Lipinski definition) is 4. The Balaban J connectivity index is 3.18. The van der Waals surface area contributed by atoms with Crippen molar-refractivity contribution in [3.8, 4) is 5.75 Å². The first-order valence-corrected chi connectivity index (χ1v) is 5.55. The Morgan fingerprint density at radius 2 is 1.93 bits per heavy atom. The van der Waals surface area contributed by atoms with Gasteiger partial charge in [-0.25, -0.2) is 0 Å². The molecular formula is C9H12O4S. The van der Waals surface area contributed by atoms with E-state index in [0.717, 1.165) is 0 Å². The average Bonchev–Trinajstić information content (AvgIpc) is 2.18. The number of methoxy groups -OCH3 is 1. The van der Waals surface area contributed by atoms with E-state index in [9.17, 15) is 8.42 Å². The van der Waals surface area contributed by atoms with Gasteiger partial charge in [0, 0.05) is 0 Å². The van der Waals surface area contributed by atoms with Crippen molar-refractivity contribution in [2.75, 3.05) is 13.7 Å². The van der Waals surface area contributed by atoms with E-state index < -0.39 is 10.1 Å². The molecule has 0 saturated carbocycles. The minimum atomic E-state index is -3.68. The minimum absolute atomic E-state index is 0.0596. The highest BCUT2D eigenvalue weighted by Crippen LogP contribution is 2.24. The lowest BCUT2D eigenvalue weighted by molar-refractivity contribution is 0.332. The first kappa shape index (κ1) is 11.0. The molecule has 0 unspecified atom stereocenters. The van der Waals surface area contributed by atoms with Crippen molar-refractivity contribution in [3.63, 3.8) is 0 Å². The molecule has 0 aliphatic carbocycles. The maximum Gasteiger partial charge on any atom is 0.300 e. The Labute approximate surface area is 83.6 Å². The molecule has 0 N–H and O–H groups in total. The number of hydrogen-bond donors (Lipinski definition) is 0. The molecule has 0 bridgehead atoms. The van der Waals surface area contributed by atoms with Gasteiger partial charge in [-0.2, -0.15) is 8.42 Å². The molecule has 14 heavy (non-hydrogen) atoms. The Hall–Kier alpha value is -1.07. The van der Waals surface area contributed by atoms with E-state index in [4.69, 9.17) is 4.74 Å². The largest absolute Gasteiger partial charge is 0.495 e. The van der Waals surface area contributed by atoms with Crippen LogP contribution in [0.2, 0.25) is 0 Å². The first-order valence-electron chi connectivity index (χ1n) is 4.14. The van der Waals surface area contributed by atoms with E-state index in [1.165, 1.54) is 13.2 Å². The van der Waals surface area contributed by atoms with Crippen LogP contribution in [0.25, 0.3) is 0 Å². The Morgan fingerprint density at radius 1 is 1.29 bits per heavy atom. The summed E-state index contributed by atoms with van der Waals surface area (Å²) in [5.41, 5.74) is 0. The van der Waals surface area contributed by atoms with Gasteiger partial charge in [-0.3, -0.25) is 4.18 Å². The van der Waals surface area contributed by atoms with Crippen LogP contribution in [0.4, 0.5) is 0 Å². The van der Waals surface area contributed by atoms with Gasteiger partial charge in [-0.1, -0.05) is 12.1 Å². The summed E-state index contributed by atoms with van der Waals surface area (Å²) in [6.45, 7) is 1.73. The summed E-state index contributed by atoms with van der Waals surface area (Å²) in [5.74, 6) is 0.293. The Kier molecular flexibility index (Phi) is 3.49. The number of rotatable bonds is 4. The van der Waals surface area contributed by atoms with Crippen LogP contribution in [0, 0.1) is 0 Å². The van der Waals surface area contributed by atoms with Gasteiger partial charge in [-0.15, -0.1) is 0 Å². The zero-order valence-corrected chi connectivity index (χ0v) is 8.87. The zero-order valence-electron chi connectivity index (χ0n) is 8.06. The molecule has 0 aliphatic heterocycles. The van der Waals surface area contributed by atoms with Crippen LogP contribution in [-0.2, 0) is 14.3 Å². The molecule has 0 amide bonds. The molecule has 0 atom stereocenters. The number of para-hydroxylation sites is 1. The summed E-state index contributed by atoms with van der Waals surface area (Å²) in [5, 5.41) is 0. The molecule has 5 heteroatoms. The third kappa shape index (κ3) is 2.24. The lowest BCUT2D eigenvalue weighted by atomic mass is 10.3. The van der Waals surface area contributed by atoms with Crippen LogP contribution in [0.15, 0.2) is 29.2 Å². The molecule has 0 spiro atoms. The predicted molar refractivity (Wildman–Crippen MR) is 51.8 cm³/mol. The standard InChI is InChI=1S/C9H12O4S/c1-3-13-14(10,11)9-7-5-4-6-8(9)12-2/h4-7H,3H2,1-2H3. The second-order valence-corrected chi connectivity index (χ2v) is 4.10. The van der Waals surface area contributed by atoms with Gasteiger partial charge in [0.25, 0.3) is 0 Å². The summed E-state index contributed by atoms with van der Waals surface area (Å²) in [4.78, 5) is 0.0596. The van der Waals surface area contributed by atoms with E-state index in [1.807, 2.05) is 0 Å². The summed E-state index contributed by atoms with van der Waals surface area (Å²) in [6, 6.07) is 6.34. The van der Waals surface area contributed by atoms with Crippen molar-refractivity contribution >= 4 is 10.1 Å². The molecule has 0 fully saturated rings. The Bertz CT molecular complexity index is 397. The van der Waals surface area contributed by atoms with Gasteiger partial charge in [0.05, 0.1) is 13.7 Å². The molecule has 0 radical (unpaired) electrons. The second kappa shape index (κ2) is 4.43. The fourth-order valence-electron chi connectivity index (χ4n) is 1.04. The highest BCUT2D eigenvalue weighted by atomic mass is 32.2. The zero-order chi connectivity index (χ0) is 10.6. The molecule has 0 aliphatic rings. The third-order valence-electron chi connectivity index (χ3n) is 1.61. The van der Waals surface area contributed by atoms with E-state index >= 15 is 0 Å². The third-order valence-corrected chi connectivity index (χ3v) is 3.03. The molecule has 1 aromatic rings. The highest BCUT2D eigenvalue weighted by molar-refractivity contribution is 7.86. The van der Waals surface area contributed by atoms with Crippen molar-refractivity contribution < 1.29 is 17.3 Å².